The van der Waals surface area contributed by atoms with E-state index in [0.717, 1.165) is 5.69 Å². The number of carbonyl (C=O) groups excluding carboxylic acids is 2. The molecule has 10 heteroatoms. The van der Waals surface area contributed by atoms with E-state index in [9.17, 15) is 14.0 Å². The number of alkyl carbamates (subject to hydrolysis) is 1. The molecule has 4 N–H and O–H groups in total. The maximum atomic E-state index is 14.2. The molecule has 1 aromatic carbocycles. The Morgan fingerprint density at radius 1 is 1.25 bits per heavy atom. The summed E-state index contributed by atoms with van der Waals surface area (Å²) in [6.07, 6.45) is 3.29. The lowest BCUT2D eigenvalue weighted by atomic mass is 10.0. The average Bonchev–Trinajstić information content (AvgIpc) is 3.18. The third-order valence-electron chi connectivity index (χ3n) is 5.57. The van der Waals surface area contributed by atoms with Crippen molar-refractivity contribution < 1.29 is 23.5 Å². The lowest BCUT2D eigenvalue weighted by Crippen LogP contribution is -2.34. The van der Waals surface area contributed by atoms with Gasteiger partial charge in [0.15, 0.2) is 0 Å². The summed E-state index contributed by atoms with van der Waals surface area (Å²) in [6, 6.07) is 6.53. The average molecular weight is 496 g/mol. The number of aromatic amines is 1. The fourth-order valence-corrected chi connectivity index (χ4v) is 3.91. The van der Waals surface area contributed by atoms with Crippen molar-refractivity contribution in [1.29, 1.82) is 0 Å². The molecule has 36 heavy (non-hydrogen) atoms. The molecule has 9 nitrogen and oxygen atoms in total. The molecule has 0 saturated carbocycles. The number of rotatable bonds is 7. The third kappa shape index (κ3) is 5.59. The quantitative estimate of drug-likeness (QED) is 0.360. The number of halogens is 1. The number of carbonyl (C=O) groups is 2. The molecular formula is C26H30FN5O4. The molecule has 190 valence electrons. The molecule has 1 aliphatic heterocycles. The van der Waals surface area contributed by atoms with E-state index in [0.29, 0.717) is 52.5 Å². The lowest BCUT2D eigenvalue weighted by Gasteiger charge is -2.19. The number of ether oxygens (including phenoxy) is 2. The van der Waals surface area contributed by atoms with E-state index in [1.54, 1.807) is 58.3 Å². The minimum Gasteiger partial charge on any atom is -0.489 e. The Balaban J connectivity index is 1.62. The molecule has 0 fully saturated rings. The molecule has 0 atom stereocenters. The largest absolute Gasteiger partial charge is 0.489 e. The summed E-state index contributed by atoms with van der Waals surface area (Å²) in [5, 5.41) is 8.79. The minimum atomic E-state index is -0.593. The van der Waals surface area contributed by atoms with E-state index in [2.05, 4.69) is 25.9 Å². The van der Waals surface area contributed by atoms with Crippen LogP contribution in [0.4, 0.5) is 20.6 Å². The molecule has 4 rings (SSSR count). The number of pyridine rings is 1. The summed E-state index contributed by atoms with van der Waals surface area (Å²) in [5.41, 5.74) is 3.47. The molecule has 3 heterocycles. The van der Waals surface area contributed by atoms with Gasteiger partial charge in [0.2, 0.25) is 0 Å². The van der Waals surface area contributed by atoms with Crippen molar-refractivity contribution in [3.63, 3.8) is 0 Å². The number of nitrogens with zero attached hydrogens (tertiary/aromatic N) is 1. The predicted octanol–water partition coefficient (Wildman–Crippen LogP) is 4.46. The SMILES string of the molecule is Cc1c(F)cccc1Nc1c(-c2ccncc2OCCNC(=O)OC(C)(C)C)[nH]c2c1C(=O)NCC2. The van der Waals surface area contributed by atoms with Gasteiger partial charge in [-0.2, -0.15) is 0 Å². The summed E-state index contributed by atoms with van der Waals surface area (Å²) >= 11 is 0. The lowest BCUT2D eigenvalue weighted by molar-refractivity contribution is 0.0520. The van der Waals surface area contributed by atoms with Gasteiger partial charge < -0.3 is 30.4 Å². The summed E-state index contributed by atoms with van der Waals surface area (Å²) in [7, 11) is 0. The number of anilines is 2. The minimum absolute atomic E-state index is 0.171. The van der Waals surface area contributed by atoms with Crippen molar-refractivity contribution in [3.05, 3.63) is 59.3 Å². The van der Waals surface area contributed by atoms with Gasteiger partial charge in [0.25, 0.3) is 5.91 Å². The van der Waals surface area contributed by atoms with E-state index in [4.69, 9.17) is 9.47 Å². The molecule has 2 aromatic heterocycles. The van der Waals surface area contributed by atoms with E-state index in [1.807, 2.05) is 0 Å². The highest BCUT2D eigenvalue weighted by molar-refractivity contribution is 6.06. The van der Waals surface area contributed by atoms with Gasteiger partial charge in [-0.3, -0.25) is 9.78 Å². The summed E-state index contributed by atoms with van der Waals surface area (Å²) < 4.78 is 25.4. The summed E-state index contributed by atoms with van der Waals surface area (Å²) in [6.45, 7) is 7.95. The Kier molecular flexibility index (Phi) is 7.14. The van der Waals surface area contributed by atoms with Crippen molar-refractivity contribution in [2.24, 2.45) is 0 Å². The van der Waals surface area contributed by atoms with Crippen LogP contribution in [0.3, 0.4) is 0 Å². The first-order valence-corrected chi connectivity index (χ1v) is 11.7. The fraction of sp³-hybridized carbons (Fsp3) is 0.346. The first-order valence-electron chi connectivity index (χ1n) is 11.7. The smallest absolute Gasteiger partial charge is 0.407 e. The van der Waals surface area contributed by atoms with E-state index in [1.165, 1.54) is 6.07 Å². The Morgan fingerprint density at radius 3 is 2.83 bits per heavy atom. The van der Waals surface area contributed by atoms with Gasteiger partial charge in [-0.1, -0.05) is 6.07 Å². The Bertz CT molecular complexity index is 1280. The number of hydrogen-bond acceptors (Lipinski definition) is 6. The maximum Gasteiger partial charge on any atom is 0.407 e. The van der Waals surface area contributed by atoms with Crippen molar-refractivity contribution in [1.82, 2.24) is 20.6 Å². The van der Waals surface area contributed by atoms with Crippen LogP contribution >= 0.6 is 0 Å². The number of fused-ring (bicyclic) bond motifs is 1. The summed E-state index contributed by atoms with van der Waals surface area (Å²) in [5.74, 6) is -0.101. The van der Waals surface area contributed by atoms with Crippen LogP contribution in [0, 0.1) is 12.7 Å². The van der Waals surface area contributed by atoms with Crippen molar-refractivity contribution in [2.45, 2.75) is 39.7 Å². The van der Waals surface area contributed by atoms with Crippen LogP contribution in [0.25, 0.3) is 11.3 Å². The first kappa shape index (κ1) is 25.0. The molecule has 0 aliphatic carbocycles. The number of aromatic nitrogens is 2. The number of hydrogen-bond donors (Lipinski definition) is 4. The number of H-pyrrole nitrogens is 1. The van der Waals surface area contributed by atoms with Crippen molar-refractivity contribution in [2.75, 3.05) is 25.0 Å². The Hall–Kier alpha value is -4.08. The van der Waals surface area contributed by atoms with E-state index in [-0.39, 0.29) is 24.9 Å². The maximum absolute atomic E-state index is 14.2. The Morgan fingerprint density at radius 2 is 2.06 bits per heavy atom. The molecule has 1 aliphatic rings. The van der Waals surface area contributed by atoms with Gasteiger partial charge >= 0.3 is 6.09 Å². The molecule has 0 spiro atoms. The van der Waals surface area contributed by atoms with E-state index < -0.39 is 11.7 Å². The van der Waals surface area contributed by atoms with Crippen LogP contribution in [-0.4, -0.2) is 47.3 Å². The summed E-state index contributed by atoms with van der Waals surface area (Å²) in [4.78, 5) is 32.2. The highest BCUT2D eigenvalue weighted by Crippen LogP contribution is 2.40. The third-order valence-corrected chi connectivity index (χ3v) is 5.57. The normalized spacial score (nSPS) is 13.0. The standard InChI is InChI=1S/C26H30FN5O4/c1-15-17(27)6-5-7-18(15)31-23-21-19(9-11-29-24(21)33)32-22(23)16-8-10-28-14-20(16)35-13-12-30-25(34)36-26(2,3)4/h5-8,10,14,31-32H,9,11-13H2,1-4H3,(H,29,33)(H,30,34). The highest BCUT2D eigenvalue weighted by atomic mass is 19.1. The topological polar surface area (TPSA) is 117 Å². The van der Waals surface area contributed by atoms with Gasteiger partial charge in [0.1, 0.15) is 23.8 Å². The second kappa shape index (κ2) is 10.3. The highest BCUT2D eigenvalue weighted by Gasteiger charge is 2.28. The zero-order valence-electron chi connectivity index (χ0n) is 20.8. The van der Waals surface area contributed by atoms with Crippen molar-refractivity contribution >= 4 is 23.4 Å². The Labute approximate surface area is 208 Å². The molecular weight excluding hydrogens is 465 g/mol. The van der Waals surface area contributed by atoms with Gasteiger partial charge in [0, 0.05) is 41.7 Å². The van der Waals surface area contributed by atoms with Crippen molar-refractivity contribution in [3.8, 4) is 17.0 Å². The zero-order chi connectivity index (χ0) is 25.9. The van der Waals surface area contributed by atoms with Gasteiger partial charge in [-0.15, -0.1) is 0 Å². The second-order valence-electron chi connectivity index (χ2n) is 9.42. The van der Waals surface area contributed by atoms with Crippen LogP contribution in [-0.2, 0) is 11.2 Å². The molecule has 3 aromatic rings. The molecule has 2 amide bonds. The fourth-order valence-electron chi connectivity index (χ4n) is 3.91. The molecule has 0 bridgehead atoms. The van der Waals surface area contributed by atoms with E-state index >= 15 is 0 Å². The van der Waals surface area contributed by atoms with Gasteiger partial charge in [-0.05, 0) is 45.9 Å². The number of nitrogens with one attached hydrogen (secondary N) is 4. The van der Waals surface area contributed by atoms with Gasteiger partial charge in [0.05, 0.1) is 29.7 Å². The monoisotopic (exact) mass is 495 g/mol. The first-order chi connectivity index (χ1) is 17.1. The van der Waals surface area contributed by atoms with Crippen LogP contribution in [0.15, 0.2) is 36.7 Å². The second-order valence-corrected chi connectivity index (χ2v) is 9.42. The number of amides is 2. The zero-order valence-corrected chi connectivity index (χ0v) is 20.8. The molecule has 0 saturated heterocycles. The van der Waals surface area contributed by atoms with Crippen LogP contribution in [0.1, 0.15) is 42.4 Å². The van der Waals surface area contributed by atoms with Crippen LogP contribution in [0.2, 0.25) is 0 Å². The predicted molar refractivity (Wildman–Crippen MR) is 134 cm³/mol. The van der Waals surface area contributed by atoms with Crippen LogP contribution in [0.5, 0.6) is 5.75 Å². The number of benzene rings is 1. The van der Waals surface area contributed by atoms with Crippen LogP contribution < -0.4 is 20.7 Å². The molecule has 0 radical (unpaired) electrons. The molecule has 0 unspecified atom stereocenters. The van der Waals surface area contributed by atoms with Gasteiger partial charge in [-0.25, -0.2) is 9.18 Å².